The third-order valence-corrected chi connectivity index (χ3v) is 3.61. The van der Waals surface area contributed by atoms with Crippen LogP contribution in [0.15, 0.2) is 18.2 Å². The Balaban J connectivity index is 2.11. The van der Waals surface area contributed by atoms with E-state index in [0.29, 0.717) is 0 Å². The number of aryl methyl sites for hydroxylation is 2. The summed E-state index contributed by atoms with van der Waals surface area (Å²) in [6.45, 7) is 5.28. The Labute approximate surface area is 115 Å². The number of aliphatic hydroxyl groups excluding tert-OH is 1. The molecule has 3 nitrogen and oxygen atoms in total. The quantitative estimate of drug-likeness (QED) is 0.769. The van der Waals surface area contributed by atoms with Crippen LogP contribution in [0.25, 0.3) is 11.0 Å². The second-order valence-electron chi connectivity index (χ2n) is 5.24. The van der Waals surface area contributed by atoms with Crippen LogP contribution < -0.4 is 0 Å². The molecule has 0 aliphatic carbocycles. The van der Waals surface area contributed by atoms with Gasteiger partial charge in [-0.05, 0) is 31.0 Å². The lowest BCUT2D eigenvalue weighted by Gasteiger charge is -2.07. The summed E-state index contributed by atoms with van der Waals surface area (Å²) in [7, 11) is 0. The summed E-state index contributed by atoms with van der Waals surface area (Å²) >= 11 is 0. The average molecular weight is 260 g/mol. The number of nitrogens with zero attached hydrogens (tertiary/aromatic N) is 2. The van der Waals surface area contributed by atoms with Crippen molar-refractivity contribution in [3.63, 3.8) is 0 Å². The number of hydrogen-bond acceptors (Lipinski definition) is 2. The molecule has 0 bridgehead atoms. The van der Waals surface area contributed by atoms with Crippen molar-refractivity contribution >= 4 is 11.0 Å². The van der Waals surface area contributed by atoms with Crippen molar-refractivity contribution in [1.29, 1.82) is 0 Å². The highest BCUT2D eigenvalue weighted by Gasteiger charge is 2.09. The van der Waals surface area contributed by atoms with Gasteiger partial charge in [-0.2, -0.15) is 0 Å². The number of unbranched alkanes of at least 4 members (excludes halogenated alkanes) is 4. The average Bonchev–Trinajstić information content (AvgIpc) is 2.75. The summed E-state index contributed by atoms with van der Waals surface area (Å²) in [5.41, 5.74) is 3.35. The highest BCUT2D eigenvalue weighted by molar-refractivity contribution is 5.76. The minimum absolute atomic E-state index is 0.0166. The van der Waals surface area contributed by atoms with Gasteiger partial charge in [-0.1, -0.05) is 38.7 Å². The molecule has 0 fully saturated rings. The lowest BCUT2D eigenvalue weighted by Crippen LogP contribution is -2.04. The van der Waals surface area contributed by atoms with E-state index >= 15 is 0 Å². The topological polar surface area (TPSA) is 38.0 Å². The Kier molecular flexibility index (Phi) is 4.97. The second kappa shape index (κ2) is 6.71. The molecule has 1 aromatic heterocycles. The zero-order valence-electron chi connectivity index (χ0n) is 12.0. The molecule has 2 aromatic rings. The number of fused-ring (bicyclic) bond motifs is 1. The Morgan fingerprint density at radius 3 is 2.68 bits per heavy atom. The van der Waals surface area contributed by atoms with Crippen LogP contribution in [0.4, 0.5) is 0 Å². The molecule has 0 spiro atoms. The summed E-state index contributed by atoms with van der Waals surface area (Å²) < 4.78 is 2.17. The molecule has 0 atom stereocenters. The molecule has 104 valence electrons. The monoisotopic (exact) mass is 260 g/mol. The molecule has 0 unspecified atom stereocenters. The Morgan fingerprint density at radius 1 is 1.16 bits per heavy atom. The van der Waals surface area contributed by atoms with Crippen molar-refractivity contribution in [1.82, 2.24) is 9.55 Å². The molecular formula is C16H24N2O. The van der Waals surface area contributed by atoms with Gasteiger partial charge >= 0.3 is 0 Å². The Bertz CT molecular complexity index is 531. The first-order valence-electron chi connectivity index (χ1n) is 7.33. The molecule has 0 amide bonds. The van der Waals surface area contributed by atoms with Crippen LogP contribution in [0.2, 0.25) is 0 Å². The Hall–Kier alpha value is -1.35. The first kappa shape index (κ1) is 14.1. The standard InChI is InChI=1S/C16H24N2O/c1-3-4-5-6-7-10-18-15-9-8-13(2)11-14(15)17-16(18)12-19/h8-9,11,19H,3-7,10,12H2,1-2H3. The molecule has 1 heterocycles. The van der Waals surface area contributed by atoms with E-state index in [1.54, 1.807) is 0 Å². The molecule has 0 aliphatic heterocycles. The van der Waals surface area contributed by atoms with Gasteiger partial charge in [0.15, 0.2) is 0 Å². The van der Waals surface area contributed by atoms with Crippen LogP contribution in [0, 0.1) is 6.92 Å². The van der Waals surface area contributed by atoms with Gasteiger partial charge in [0, 0.05) is 6.54 Å². The minimum Gasteiger partial charge on any atom is -0.388 e. The van der Waals surface area contributed by atoms with Gasteiger partial charge in [-0.3, -0.25) is 0 Å². The van der Waals surface area contributed by atoms with Crippen molar-refractivity contribution in [2.75, 3.05) is 0 Å². The molecular weight excluding hydrogens is 236 g/mol. The second-order valence-corrected chi connectivity index (χ2v) is 5.24. The molecule has 1 N–H and O–H groups in total. The molecule has 0 radical (unpaired) electrons. The van der Waals surface area contributed by atoms with E-state index in [1.165, 1.54) is 31.2 Å². The molecule has 0 aliphatic rings. The van der Waals surface area contributed by atoms with Crippen molar-refractivity contribution in [3.05, 3.63) is 29.6 Å². The number of aliphatic hydroxyl groups is 1. The van der Waals surface area contributed by atoms with Crippen LogP contribution in [0.5, 0.6) is 0 Å². The maximum Gasteiger partial charge on any atom is 0.135 e. The predicted octanol–water partition coefficient (Wildman–Crippen LogP) is 3.81. The Morgan fingerprint density at radius 2 is 1.95 bits per heavy atom. The number of rotatable bonds is 7. The molecule has 0 saturated carbocycles. The van der Waals surface area contributed by atoms with Crippen LogP contribution in [0.3, 0.4) is 0 Å². The predicted molar refractivity (Wildman–Crippen MR) is 79.2 cm³/mol. The first-order chi connectivity index (χ1) is 9.26. The molecule has 3 heteroatoms. The van der Waals surface area contributed by atoms with Crippen molar-refractivity contribution < 1.29 is 5.11 Å². The number of hydrogen-bond donors (Lipinski definition) is 1. The minimum atomic E-state index is 0.0166. The third-order valence-electron chi connectivity index (χ3n) is 3.61. The fraction of sp³-hybridized carbons (Fsp3) is 0.562. The molecule has 19 heavy (non-hydrogen) atoms. The van der Waals surface area contributed by atoms with E-state index in [1.807, 2.05) is 0 Å². The first-order valence-corrected chi connectivity index (χ1v) is 7.33. The van der Waals surface area contributed by atoms with Gasteiger partial charge in [-0.15, -0.1) is 0 Å². The van der Waals surface area contributed by atoms with E-state index in [4.69, 9.17) is 0 Å². The molecule has 1 aromatic carbocycles. The summed E-state index contributed by atoms with van der Waals surface area (Å²) in [6, 6.07) is 6.31. The fourth-order valence-corrected chi connectivity index (χ4v) is 2.53. The fourth-order valence-electron chi connectivity index (χ4n) is 2.53. The highest BCUT2D eigenvalue weighted by atomic mass is 16.3. The van der Waals surface area contributed by atoms with Crippen molar-refractivity contribution in [2.45, 2.75) is 59.1 Å². The van der Waals surface area contributed by atoms with Crippen molar-refractivity contribution in [2.24, 2.45) is 0 Å². The third kappa shape index (κ3) is 3.35. The smallest absolute Gasteiger partial charge is 0.135 e. The van der Waals surface area contributed by atoms with Gasteiger partial charge in [-0.25, -0.2) is 4.98 Å². The maximum atomic E-state index is 9.45. The van der Waals surface area contributed by atoms with Gasteiger partial charge < -0.3 is 9.67 Å². The van der Waals surface area contributed by atoms with E-state index in [2.05, 4.69) is 41.6 Å². The summed E-state index contributed by atoms with van der Waals surface area (Å²) in [5, 5.41) is 9.45. The van der Waals surface area contributed by atoms with Crippen LogP contribution in [-0.4, -0.2) is 14.7 Å². The SMILES string of the molecule is CCCCCCCn1c(CO)nc2cc(C)ccc21. The van der Waals surface area contributed by atoms with Crippen LogP contribution >= 0.6 is 0 Å². The lowest BCUT2D eigenvalue weighted by atomic mass is 10.1. The van der Waals surface area contributed by atoms with Gasteiger partial charge in [0.25, 0.3) is 0 Å². The van der Waals surface area contributed by atoms with Crippen molar-refractivity contribution in [3.8, 4) is 0 Å². The zero-order chi connectivity index (χ0) is 13.7. The van der Waals surface area contributed by atoms with E-state index < -0.39 is 0 Å². The summed E-state index contributed by atoms with van der Waals surface area (Å²) in [6.07, 6.45) is 6.30. The summed E-state index contributed by atoms with van der Waals surface area (Å²) in [4.78, 5) is 4.52. The van der Waals surface area contributed by atoms with Gasteiger partial charge in [0.2, 0.25) is 0 Å². The largest absolute Gasteiger partial charge is 0.388 e. The highest BCUT2D eigenvalue weighted by Crippen LogP contribution is 2.19. The molecule has 2 rings (SSSR count). The van der Waals surface area contributed by atoms with E-state index in [9.17, 15) is 5.11 Å². The normalized spacial score (nSPS) is 11.3. The van der Waals surface area contributed by atoms with Crippen LogP contribution in [0.1, 0.15) is 50.4 Å². The van der Waals surface area contributed by atoms with Gasteiger partial charge in [0.1, 0.15) is 12.4 Å². The summed E-state index contributed by atoms with van der Waals surface area (Å²) in [5.74, 6) is 0.788. The number of imidazole rings is 1. The van der Waals surface area contributed by atoms with Crippen LogP contribution in [-0.2, 0) is 13.2 Å². The van der Waals surface area contributed by atoms with Gasteiger partial charge in [0.05, 0.1) is 11.0 Å². The maximum absolute atomic E-state index is 9.45. The molecule has 0 saturated heterocycles. The van der Waals surface area contributed by atoms with E-state index in [-0.39, 0.29) is 6.61 Å². The zero-order valence-corrected chi connectivity index (χ0v) is 12.0. The number of benzene rings is 1. The van der Waals surface area contributed by atoms with E-state index in [0.717, 1.165) is 29.8 Å². The number of aromatic nitrogens is 2. The lowest BCUT2D eigenvalue weighted by molar-refractivity contribution is 0.265.